The van der Waals surface area contributed by atoms with E-state index in [1.165, 1.54) is 0 Å². The maximum Gasteiger partial charge on any atom is 0.295 e. The molecule has 113 valence electrons. The lowest BCUT2D eigenvalue weighted by Crippen LogP contribution is -2.47. The Balaban J connectivity index is 2.15. The molecule has 0 aromatic heterocycles. The number of fused-ring (bicyclic) bond motifs is 2. The second kappa shape index (κ2) is 5.23. The monoisotopic (exact) mass is 296 g/mol. The predicted molar refractivity (Wildman–Crippen MR) is 83.8 cm³/mol. The molecule has 6 heteroatoms. The third-order valence-electron chi connectivity index (χ3n) is 5.46. The highest BCUT2D eigenvalue weighted by molar-refractivity contribution is 6.74. The predicted octanol–water partition coefficient (Wildman–Crippen LogP) is 2.40. The van der Waals surface area contributed by atoms with Crippen LogP contribution in [-0.2, 0) is 14.0 Å². The molecule has 1 radical (unpaired) electrons. The first-order valence-corrected chi connectivity index (χ1v) is 10.4. The van der Waals surface area contributed by atoms with E-state index in [1.807, 2.05) is 0 Å². The highest BCUT2D eigenvalue weighted by Crippen LogP contribution is 2.49. The van der Waals surface area contributed by atoms with Crippen molar-refractivity contribution in [1.82, 2.24) is 4.81 Å². The van der Waals surface area contributed by atoms with Gasteiger partial charge in [-0.15, -0.1) is 0 Å². The minimum atomic E-state index is -1.79. The fourth-order valence-corrected chi connectivity index (χ4v) is 4.60. The molecule has 2 saturated heterocycles. The lowest BCUT2D eigenvalue weighted by Gasteiger charge is -2.40. The summed E-state index contributed by atoms with van der Waals surface area (Å²) in [6.45, 7) is 11.3. The van der Waals surface area contributed by atoms with Gasteiger partial charge in [-0.3, -0.25) is 0 Å². The first-order valence-electron chi connectivity index (χ1n) is 7.47. The van der Waals surface area contributed by atoms with Gasteiger partial charge in [0.25, 0.3) is 7.41 Å². The topological polar surface area (TPSA) is 38.8 Å². The van der Waals surface area contributed by atoms with E-state index in [4.69, 9.17) is 9.16 Å². The smallest absolute Gasteiger partial charge is 0.295 e. The summed E-state index contributed by atoms with van der Waals surface area (Å²) < 4.78 is 12.3. The Hall–Kier alpha value is -0.168. The molecule has 0 aromatic rings. The van der Waals surface area contributed by atoms with Gasteiger partial charge in [-0.1, -0.05) is 20.8 Å². The van der Waals surface area contributed by atoms with E-state index in [-0.39, 0.29) is 22.9 Å². The third-order valence-corrected chi connectivity index (χ3v) is 9.97. The number of carbonyl (C=O) groups is 1. The minimum absolute atomic E-state index is 0.181. The molecule has 0 N–H and O–H groups in total. The van der Waals surface area contributed by atoms with Crippen LogP contribution in [0.25, 0.3) is 0 Å². The van der Waals surface area contributed by atoms with Crippen molar-refractivity contribution in [2.24, 2.45) is 0 Å². The standard InChI is InChI=1S/C14H27BNO3Si/c1-13(2,3)20(5,6)19-12-9-14(18-4)8-7-11(12)16(14)15-10-17/h10-12H,7-9H2,1-6H3. The van der Waals surface area contributed by atoms with E-state index >= 15 is 0 Å². The largest absolute Gasteiger partial charge is 0.412 e. The second-order valence-corrected chi connectivity index (χ2v) is 12.3. The molecule has 0 amide bonds. The average molecular weight is 296 g/mol. The molecule has 20 heavy (non-hydrogen) atoms. The van der Waals surface area contributed by atoms with E-state index in [9.17, 15) is 4.79 Å². The molecule has 0 spiro atoms. The van der Waals surface area contributed by atoms with E-state index in [0.29, 0.717) is 0 Å². The Morgan fingerprint density at radius 3 is 2.55 bits per heavy atom. The number of methoxy groups -OCH3 is 1. The molecule has 0 aliphatic carbocycles. The van der Waals surface area contributed by atoms with E-state index < -0.39 is 8.32 Å². The molecule has 2 aliphatic heterocycles. The number of rotatable bonds is 5. The number of hydrogen-bond donors (Lipinski definition) is 0. The van der Waals surface area contributed by atoms with Crippen molar-refractivity contribution < 1.29 is 14.0 Å². The van der Waals surface area contributed by atoms with Crippen molar-refractivity contribution >= 4 is 21.9 Å². The number of carbonyl (C=O) groups excluding carboxylic acids is 1. The van der Waals surface area contributed by atoms with Crippen molar-refractivity contribution in [3.05, 3.63) is 0 Å². The van der Waals surface area contributed by atoms with Gasteiger partial charge in [-0.05, 0) is 31.0 Å². The zero-order valence-electron chi connectivity index (χ0n) is 13.6. The maximum absolute atomic E-state index is 10.9. The van der Waals surface area contributed by atoms with Crippen LogP contribution in [0.4, 0.5) is 0 Å². The van der Waals surface area contributed by atoms with Crippen molar-refractivity contribution in [3.63, 3.8) is 0 Å². The van der Waals surface area contributed by atoms with Gasteiger partial charge in [0.2, 0.25) is 0 Å². The van der Waals surface area contributed by atoms with Gasteiger partial charge in [0.1, 0.15) is 5.72 Å². The molecular weight excluding hydrogens is 269 g/mol. The van der Waals surface area contributed by atoms with Crippen LogP contribution in [0.1, 0.15) is 40.0 Å². The van der Waals surface area contributed by atoms with Gasteiger partial charge in [0, 0.05) is 19.6 Å². The van der Waals surface area contributed by atoms with Gasteiger partial charge in [-0.25, -0.2) is 0 Å². The van der Waals surface area contributed by atoms with Gasteiger partial charge in [0.05, 0.1) is 12.3 Å². The van der Waals surface area contributed by atoms with Gasteiger partial charge in [-0.2, -0.15) is 0 Å². The van der Waals surface area contributed by atoms with Gasteiger partial charge < -0.3 is 18.8 Å². The van der Waals surface area contributed by atoms with Crippen LogP contribution in [0.5, 0.6) is 0 Å². The lowest BCUT2D eigenvalue weighted by molar-refractivity contribution is -0.0679. The van der Waals surface area contributed by atoms with Crippen LogP contribution < -0.4 is 0 Å². The number of nitrogens with zero attached hydrogens (tertiary/aromatic N) is 1. The van der Waals surface area contributed by atoms with Crippen LogP contribution in [-0.4, -0.2) is 51.7 Å². The van der Waals surface area contributed by atoms with Crippen LogP contribution in [0, 0.1) is 0 Å². The summed E-state index contributed by atoms with van der Waals surface area (Å²) in [5.41, 5.74) is -0.321. The summed E-state index contributed by atoms with van der Waals surface area (Å²) in [6.07, 6.45) is 3.93. The Morgan fingerprint density at radius 2 is 2.05 bits per heavy atom. The first-order chi connectivity index (χ1) is 9.17. The summed E-state index contributed by atoms with van der Waals surface area (Å²) >= 11 is 0. The van der Waals surface area contributed by atoms with E-state index in [2.05, 4.69) is 38.7 Å². The summed E-state index contributed by atoms with van der Waals surface area (Å²) in [6, 6.07) is 0.286. The minimum Gasteiger partial charge on any atom is -0.412 e. The maximum atomic E-state index is 10.9. The van der Waals surface area contributed by atoms with Crippen LogP contribution in [0.15, 0.2) is 0 Å². The average Bonchev–Trinajstić information content (AvgIpc) is 2.80. The Labute approximate surface area is 124 Å². The summed E-state index contributed by atoms with van der Waals surface area (Å²) in [4.78, 5) is 13.0. The summed E-state index contributed by atoms with van der Waals surface area (Å²) in [5, 5.41) is 0.203. The van der Waals surface area contributed by atoms with Crippen LogP contribution in [0.2, 0.25) is 18.1 Å². The molecule has 2 aliphatic rings. The molecule has 4 nitrogen and oxygen atoms in total. The SMILES string of the molecule is COC12CCC(C(O[Si](C)(C)C(C)(C)C)C1)N2[B]C=O. The molecule has 2 rings (SSSR count). The Kier molecular flexibility index (Phi) is 4.24. The molecule has 3 unspecified atom stereocenters. The highest BCUT2D eigenvalue weighted by Gasteiger charge is 2.58. The van der Waals surface area contributed by atoms with E-state index in [1.54, 1.807) is 14.5 Å². The fraction of sp³-hybridized carbons (Fsp3) is 0.929. The van der Waals surface area contributed by atoms with Gasteiger partial charge >= 0.3 is 0 Å². The highest BCUT2D eigenvalue weighted by atomic mass is 28.4. The Morgan fingerprint density at radius 1 is 1.40 bits per heavy atom. The molecule has 3 atom stereocenters. The molecule has 2 fully saturated rings. The van der Waals surface area contributed by atoms with Crippen molar-refractivity contribution in [2.45, 2.75) is 76.0 Å². The van der Waals surface area contributed by atoms with Crippen molar-refractivity contribution in [1.29, 1.82) is 0 Å². The summed E-state index contributed by atoms with van der Waals surface area (Å²) in [5.74, 6) is 0. The Bertz CT molecular complexity index is 385. The molecular formula is C14H27BNO3Si. The fourth-order valence-electron chi connectivity index (χ4n) is 3.24. The number of hydrogen-bond acceptors (Lipinski definition) is 4. The quantitative estimate of drug-likeness (QED) is 0.577. The van der Waals surface area contributed by atoms with Crippen molar-refractivity contribution in [3.8, 4) is 0 Å². The van der Waals surface area contributed by atoms with Crippen LogP contribution in [0.3, 0.4) is 0 Å². The van der Waals surface area contributed by atoms with Crippen LogP contribution >= 0.6 is 0 Å². The summed E-state index contributed by atoms with van der Waals surface area (Å²) in [7, 11) is 1.58. The van der Waals surface area contributed by atoms with E-state index in [0.717, 1.165) is 25.4 Å². The first kappa shape index (κ1) is 16.2. The second-order valence-electron chi connectivity index (χ2n) is 7.57. The number of ether oxygens (including phenoxy) is 1. The molecule has 2 heterocycles. The lowest BCUT2D eigenvalue weighted by atomic mass is 9.92. The molecule has 0 aromatic carbocycles. The third kappa shape index (κ3) is 2.51. The molecule has 0 saturated carbocycles. The van der Waals surface area contributed by atoms with Crippen molar-refractivity contribution in [2.75, 3.05) is 7.11 Å². The van der Waals surface area contributed by atoms with Gasteiger partial charge in [0.15, 0.2) is 8.32 Å². The zero-order chi connectivity index (χ0) is 15.2. The normalized spacial score (nSPS) is 34.5. The molecule has 2 bridgehead atoms. The zero-order valence-corrected chi connectivity index (χ0v) is 14.6.